The number of thiophene rings is 1. The summed E-state index contributed by atoms with van der Waals surface area (Å²) in [5.74, 6) is 0.714. The molecule has 1 aromatic rings. The van der Waals surface area contributed by atoms with Crippen LogP contribution < -0.4 is 10.6 Å². The highest BCUT2D eigenvalue weighted by molar-refractivity contribution is 14.0. The Hall–Kier alpha value is -0.350. The number of hydrogen-bond acceptors (Lipinski definition) is 4. The van der Waals surface area contributed by atoms with Crippen LogP contribution in [0.3, 0.4) is 0 Å². The van der Waals surface area contributed by atoms with Crippen LogP contribution in [0.15, 0.2) is 17.1 Å². The molecule has 0 bridgehead atoms. The molecule has 0 saturated carbocycles. The maximum Gasteiger partial charge on any atom is 0.191 e. The van der Waals surface area contributed by atoms with Crippen LogP contribution in [0, 0.1) is 0 Å². The van der Waals surface area contributed by atoms with Gasteiger partial charge in [-0.05, 0) is 39.3 Å². The molecule has 5 nitrogen and oxygen atoms in total. The van der Waals surface area contributed by atoms with Crippen LogP contribution in [-0.2, 0) is 22.8 Å². The van der Waals surface area contributed by atoms with Crippen LogP contribution in [0.25, 0.3) is 0 Å². The van der Waals surface area contributed by atoms with Crippen molar-refractivity contribution in [2.24, 2.45) is 4.99 Å². The molecule has 0 aliphatic heterocycles. The Morgan fingerprint density at radius 1 is 1.22 bits per heavy atom. The normalized spacial score (nSPS) is 12.7. The van der Waals surface area contributed by atoms with E-state index in [1.165, 1.54) is 9.75 Å². The Bertz CT molecular complexity index is 604. The quantitative estimate of drug-likeness (QED) is 0.379. The van der Waals surface area contributed by atoms with Crippen molar-refractivity contribution >= 4 is 51.1 Å². The van der Waals surface area contributed by atoms with E-state index in [2.05, 4.69) is 34.7 Å². The van der Waals surface area contributed by atoms with Crippen LogP contribution in [0.4, 0.5) is 0 Å². The van der Waals surface area contributed by atoms with E-state index in [0.717, 1.165) is 6.42 Å². The summed E-state index contributed by atoms with van der Waals surface area (Å²) in [6.45, 7) is 8.34. The minimum absolute atomic E-state index is 0. The van der Waals surface area contributed by atoms with Crippen molar-refractivity contribution in [2.45, 2.75) is 45.4 Å². The Morgan fingerprint density at radius 3 is 2.30 bits per heavy atom. The molecule has 1 aromatic heterocycles. The molecular weight excluding hydrogens is 445 g/mol. The van der Waals surface area contributed by atoms with E-state index in [-0.39, 0.29) is 29.7 Å². The lowest BCUT2D eigenvalue weighted by Gasteiger charge is -2.19. The molecule has 0 aromatic carbocycles. The fraction of sp³-hybridized carbons (Fsp3) is 0.667. The fourth-order valence-electron chi connectivity index (χ4n) is 1.71. The average Bonchev–Trinajstić information content (AvgIpc) is 2.89. The lowest BCUT2D eigenvalue weighted by molar-refractivity contribution is 0.559. The number of hydrogen-bond donors (Lipinski definition) is 2. The van der Waals surface area contributed by atoms with Crippen molar-refractivity contribution in [1.29, 1.82) is 0 Å². The molecule has 0 unspecified atom stereocenters. The van der Waals surface area contributed by atoms with Crippen molar-refractivity contribution in [3.8, 4) is 0 Å². The third-order valence-electron chi connectivity index (χ3n) is 3.32. The van der Waals surface area contributed by atoms with Gasteiger partial charge in [0.2, 0.25) is 0 Å². The highest BCUT2D eigenvalue weighted by atomic mass is 127. The molecule has 0 aliphatic rings. The maximum atomic E-state index is 12.0. The Labute approximate surface area is 161 Å². The van der Waals surface area contributed by atoms with E-state index in [4.69, 9.17) is 0 Å². The highest BCUT2D eigenvalue weighted by Crippen LogP contribution is 2.16. The number of nitrogens with one attached hydrogen (secondary N) is 2. The predicted octanol–water partition coefficient (Wildman–Crippen LogP) is 2.81. The van der Waals surface area contributed by atoms with E-state index in [9.17, 15) is 8.42 Å². The van der Waals surface area contributed by atoms with Gasteiger partial charge in [0, 0.05) is 23.3 Å². The molecule has 0 spiro atoms. The number of guanidine groups is 1. The molecule has 0 fully saturated rings. The van der Waals surface area contributed by atoms with Gasteiger partial charge in [0.1, 0.15) is 0 Å². The van der Waals surface area contributed by atoms with Gasteiger partial charge in [0.25, 0.3) is 0 Å². The van der Waals surface area contributed by atoms with Gasteiger partial charge >= 0.3 is 0 Å². The molecule has 134 valence electrons. The summed E-state index contributed by atoms with van der Waals surface area (Å²) in [7, 11) is -1.43. The maximum absolute atomic E-state index is 12.0. The van der Waals surface area contributed by atoms with Crippen molar-refractivity contribution in [1.82, 2.24) is 10.6 Å². The molecule has 0 aliphatic carbocycles. The zero-order valence-corrected chi connectivity index (χ0v) is 18.4. The van der Waals surface area contributed by atoms with Crippen LogP contribution in [-0.4, -0.2) is 38.5 Å². The van der Waals surface area contributed by atoms with Gasteiger partial charge in [-0.15, -0.1) is 35.3 Å². The smallest absolute Gasteiger partial charge is 0.191 e. The minimum Gasteiger partial charge on any atom is -0.355 e. The number of aliphatic imine (C=N–C) groups is 1. The van der Waals surface area contributed by atoms with E-state index in [1.807, 2.05) is 0 Å². The molecular formula is C15H28IN3O2S2. The van der Waals surface area contributed by atoms with Crippen LogP contribution in [0.1, 0.15) is 37.4 Å². The van der Waals surface area contributed by atoms with E-state index >= 15 is 0 Å². The van der Waals surface area contributed by atoms with Crippen molar-refractivity contribution in [2.75, 3.05) is 19.3 Å². The Balaban J connectivity index is 0.00000484. The molecule has 23 heavy (non-hydrogen) atoms. The second-order valence-corrected chi connectivity index (χ2v) is 10.1. The van der Waals surface area contributed by atoms with Crippen LogP contribution >= 0.6 is 35.3 Å². The average molecular weight is 473 g/mol. The third-order valence-corrected chi connectivity index (χ3v) is 7.15. The molecule has 1 heterocycles. The molecule has 2 N–H and O–H groups in total. The number of aryl methyl sites for hydroxylation is 1. The first-order chi connectivity index (χ1) is 10.2. The number of halogens is 1. The van der Waals surface area contributed by atoms with Gasteiger partial charge in [-0.25, -0.2) is 8.42 Å². The van der Waals surface area contributed by atoms with E-state index in [1.54, 1.807) is 39.2 Å². The second kappa shape index (κ2) is 9.83. The molecule has 0 saturated heterocycles. The summed E-state index contributed by atoms with van der Waals surface area (Å²) in [4.78, 5) is 6.71. The summed E-state index contributed by atoms with van der Waals surface area (Å²) in [5, 5.41) is 6.26. The monoisotopic (exact) mass is 473 g/mol. The van der Waals surface area contributed by atoms with Gasteiger partial charge < -0.3 is 10.6 Å². The van der Waals surface area contributed by atoms with Gasteiger partial charge in [0.05, 0.1) is 17.0 Å². The molecule has 0 atom stereocenters. The lowest BCUT2D eigenvalue weighted by Crippen LogP contribution is -2.41. The summed E-state index contributed by atoms with van der Waals surface area (Å²) in [6.07, 6.45) is 1.04. The Morgan fingerprint density at radius 2 is 1.83 bits per heavy atom. The largest absolute Gasteiger partial charge is 0.355 e. The highest BCUT2D eigenvalue weighted by Gasteiger charge is 2.28. The fourth-order valence-corrected chi connectivity index (χ4v) is 3.59. The molecule has 1 rings (SSSR count). The van der Waals surface area contributed by atoms with Crippen molar-refractivity contribution < 1.29 is 8.42 Å². The molecule has 8 heteroatoms. The van der Waals surface area contributed by atoms with E-state index < -0.39 is 14.6 Å². The zero-order valence-electron chi connectivity index (χ0n) is 14.5. The summed E-state index contributed by atoms with van der Waals surface area (Å²) in [5.41, 5.74) is 0. The molecule has 0 radical (unpaired) electrons. The van der Waals surface area contributed by atoms with Gasteiger partial charge in [-0.2, -0.15) is 0 Å². The third kappa shape index (κ3) is 7.38. The lowest BCUT2D eigenvalue weighted by atomic mass is 10.3. The standard InChI is InChI=1S/C15H27N3O2S2.HI/c1-6-12-7-8-13(21-12)11-18-14(16-5)17-9-10-22(19,20)15(2,3)4;/h7-8H,6,9-11H2,1-5H3,(H2,16,17,18);1H. The first kappa shape index (κ1) is 22.6. The summed E-state index contributed by atoms with van der Waals surface area (Å²) in [6, 6.07) is 4.24. The summed E-state index contributed by atoms with van der Waals surface area (Å²) < 4.78 is 23.4. The second-order valence-electron chi connectivity index (χ2n) is 6.01. The Kier molecular flexibility index (Phi) is 9.68. The van der Waals surface area contributed by atoms with Crippen molar-refractivity contribution in [3.05, 3.63) is 21.9 Å². The topological polar surface area (TPSA) is 70.6 Å². The van der Waals surface area contributed by atoms with Gasteiger partial charge in [0.15, 0.2) is 15.8 Å². The van der Waals surface area contributed by atoms with Gasteiger partial charge in [-0.1, -0.05) is 6.92 Å². The van der Waals surface area contributed by atoms with Gasteiger partial charge in [-0.3, -0.25) is 4.99 Å². The SMILES string of the molecule is CCc1ccc(CNC(=NC)NCCS(=O)(=O)C(C)(C)C)s1.I. The first-order valence-electron chi connectivity index (χ1n) is 7.44. The van der Waals surface area contributed by atoms with Crippen molar-refractivity contribution in [3.63, 3.8) is 0 Å². The number of sulfone groups is 1. The molecule has 0 amide bonds. The van der Waals surface area contributed by atoms with E-state index in [0.29, 0.717) is 19.0 Å². The zero-order chi connectivity index (χ0) is 16.8. The number of nitrogens with zero attached hydrogens (tertiary/aromatic N) is 1. The first-order valence-corrected chi connectivity index (χ1v) is 9.91. The minimum atomic E-state index is -3.11. The van der Waals surface area contributed by atoms with Crippen LogP contribution in [0.2, 0.25) is 0 Å². The predicted molar refractivity (Wildman–Crippen MR) is 111 cm³/mol. The number of rotatable bonds is 6. The van der Waals surface area contributed by atoms with Crippen LogP contribution in [0.5, 0.6) is 0 Å². The summed E-state index contributed by atoms with van der Waals surface area (Å²) >= 11 is 1.78.